The van der Waals surface area contributed by atoms with Gasteiger partial charge in [-0.2, -0.15) is 0 Å². The molecule has 2 saturated heterocycles. The number of amides is 1. The Hall–Kier alpha value is -1.46. The van der Waals surface area contributed by atoms with E-state index in [4.69, 9.17) is 0 Å². The lowest BCUT2D eigenvalue weighted by atomic mass is 9.79. The summed E-state index contributed by atoms with van der Waals surface area (Å²) in [7, 11) is 1.94. The van der Waals surface area contributed by atoms with E-state index < -0.39 is 0 Å². The highest BCUT2D eigenvalue weighted by Crippen LogP contribution is 2.31. The third-order valence-electron chi connectivity index (χ3n) is 6.19. The second-order valence-electron chi connectivity index (χ2n) is 8.49. The summed E-state index contributed by atoms with van der Waals surface area (Å²) in [5.74, 6) is 1.78. The number of nitrogens with one attached hydrogen (secondary N) is 1. The predicted octanol–water partition coefficient (Wildman–Crippen LogP) is 2.92. The average molecular weight is 373 g/mol. The topological polar surface area (TPSA) is 48.5 Å². The van der Waals surface area contributed by atoms with E-state index >= 15 is 0 Å². The Kier molecular flexibility index (Phi) is 7.65. The number of aromatic nitrogens is 1. The van der Waals surface area contributed by atoms with Crippen LogP contribution in [-0.2, 0) is 11.3 Å². The molecular weight excluding hydrogens is 336 g/mol. The third kappa shape index (κ3) is 6.01. The maximum atomic E-state index is 12.3. The van der Waals surface area contributed by atoms with Crippen LogP contribution in [0.4, 0.5) is 0 Å². The fourth-order valence-electron chi connectivity index (χ4n) is 4.67. The molecule has 0 aromatic carbocycles. The highest BCUT2D eigenvalue weighted by Gasteiger charge is 2.36. The van der Waals surface area contributed by atoms with Crippen molar-refractivity contribution >= 4 is 5.91 Å². The fraction of sp³-hybridized carbons (Fsp3) is 0.727. The predicted molar refractivity (Wildman–Crippen MR) is 109 cm³/mol. The molecule has 0 radical (unpaired) electrons. The van der Waals surface area contributed by atoms with Crippen LogP contribution in [-0.4, -0.2) is 60.0 Å². The number of fused-ring (bicyclic) bond motifs is 2. The van der Waals surface area contributed by atoms with Gasteiger partial charge in [-0.05, 0) is 55.7 Å². The molecule has 27 heavy (non-hydrogen) atoms. The summed E-state index contributed by atoms with van der Waals surface area (Å²) in [4.78, 5) is 21.0. The first-order valence-electron chi connectivity index (χ1n) is 10.7. The lowest BCUT2D eigenvalue weighted by molar-refractivity contribution is -0.130. The molecule has 3 heterocycles. The molecule has 5 heteroatoms. The van der Waals surface area contributed by atoms with Gasteiger partial charge in [-0.3, -0.25) is 14.7 Å². The van der Waals surface area contributed by atoms with Gasteiger partial charge < -0.3 is 10.2 Å². The first-order valence-corrected chi connectivity index (χ1v) is 10.7. The Balaban J connectivity index is 1.43. The summed E-state index contributed by atoms with van der Waals surface area (Å²) >= 11 is 0. The highest BCUT2D eigenvalue weighted by molar-refractivity contribution is 5.75. The molecule has 0 aliphatic carbocycles. The van der Waals surface area contributed by atoms with E-state index in [0.29, 0.717) is 24.3 Å². The zero-order valence-electron chi connectivity index (χ0n) is 17.1. The Morgan fingerprint density at radius 3 is 3.04 bits per heavy atom. The molecule has 1 aromatic heterocycles. The number of piperidine rings is 2. The van der Waals surface area contributed by atoms with E-state index in [-0.39, 0.29) is 0 Å². The molecule has 2 bridgehead atoms. The van der Waals surface area contributed by atoms with Crippen molar-refractivity contribution < 1.29 is 4.79 Å². The zero-order chi connectivity index (χ0) is 19.1. The molecule has 2 aliphatic heterocycles. The van der Waals surface area contributed by atoms with Gasteiger partial charge in [0, 0.05) is 58.1 Å². The van der Waals surface area contributed by atoms with Gasteiger partial charge in [0.25, 0.3) is 0 Å². The number of unbranched alkanes of at least 4 members (excludes halogenated alkanes) is 1. The Bertz CT molecular complexity index is 579. The van der Waals surface area contributed by atoms with E-state index in [1.165, 1.54) is 18.5 Å². The Morgan fingerprint density at radius 1 is 1.37 bits per heavy atom. The number of carbonyl (C=O) groups excluding carboxylic acids is 1. The number of hydrogen-bond acceptors (Lipinski definition) is 4. The zero-order valence-corrected chi connectivity index (χ0v) is 17.1. The van der Waals surface area contributed by atoms with Crippen LogP contribution in [0.5, 0.6) is 0 Å². The lowest BCUT2D eigenvalue weighted by Crippen LogP contribution is -2.55. The van der Waals surface area contributed by atoms with Gasteiger partial charge in [0.2, 0.25) is 5.91 Å². The SMILES string of the molecule is CCCCN(C)C(=O)CCC[C@H]1NC[C@@H]2C[C@@H]1CN(Cc1cccnc1)C2. The second-order valence-corrected chi connectivity index (χ2v) is 8.49. The molecule has 2 aliphatic rings. The Morgan fingerprint density at radius 2 is 2.26 bits per heavy atom. The first kappa shape index (κ1) is 20.3. The van der Waals surface area contributed by atoms with Crippen molar-refractivity contribution in [1.82, 2.24) is 20.1 Å². The molecular formula is C22H36N4O. The van der Waals surface area contributed by atoms with Crippen molar-refractivity contribution in [2.24, 2.45) is 11.8 Å². The summed E-state index contributed by atoms with van der Waals surface area (Å²) in [5.41, 5.74) is 1.31. The van der Waals surface area contributed by atoms with Crippen molar-refractivity contribution in [2.45, 2.75) is 58.0 Å². The molecule has 0 spiro atoms. The molecule has 1 N–H and O–H groups in total. The van der Waals surface area contributed by atoms with E-state index in [2.05, 4.69) is 28.2 Å². The van der Waals surface area contributed by atoms with Crippen LogP contribution in [0.15, 0.2) is 24.5 Å². The standard InChI is InChI=1S/C22H36N4O/c1-3-4-11-25(2)22(27)9-5-8-21-20-12-19(14-24-21)16-26(17-20)15-18-7-6-10-23-13-18/h6-7,10,13,19-21,24H,3-5,8-9,11-12,14-17H2,1-2H3/t19-,20+,21+/m0/s1. The molecule has 150 valence electrons. The molecule has 0 unspecified atom stereocenters. The maximum absolute atomic E-state index is 12.3. The highest BCUT2D eigenvalue weighted by atomic mass is 16.2. The minimum atomic E-state index is 0.305. The van der Waals surface area contributed by atoms with Crippen LogP contribution in [0, 0.1) is 11.8 Å². The van der Waals surface area contributed by atoms with E-state index in [9.17, 15) is 4.79 Å². The molecule has 3 rings (SSSR count). The number of likely N-dealkylation sites (tertiary alicyclic amines) is 1. The van der Waals surface area contributed by atoms with Gasteiger partial charge >= 0.3 is 0 Å². The number of rotatable bonds is 9. The quantitative estimate of drug-likeness (QED) is 0.724. The summed E-state index contributed by atoms with van der Waals surface area (Å²) in [6.07, 6.45) is 10.2. The minimum absolute atomic E-state index is 0.305. The summed E-state index contributed by atoms with van der Waals surface area (Å²) in [6, 6.07) is 4.76. The molecule has 5 nitrogen and oxygen atoms in total. The number of pyridine rings is 1. The molecule has 2 fully saturated rings. The Labute approximate surface area is 164 Å². The van der Waals surface area contributed by atoms with Gasteiger partial charge in [-0.25, -0.2) is 0 Å². The van der Waals surface area contributed by atoms with Crippen LogP contribution in [0.25, 0.3) is 0 Å². The number of carbonyl (C=O) groups is 1. The van der Waals surface area contributed by atoms with Gasteiger partial charge in [0.1, 0.15) is 0 Å². The van der Waals surface area contributed by atoms with Crippen molar-refractivity contribution in [2.75, 3.05) is 33.2 Å². The van der Waals surface area contributed by atoms with E-state index in [0.717, 1.165) is 57.8 Å². The number of hydrogen-bond donors (Lipinski definition) is 1. The van der Waals surface area contributed by atoms with Gasteiger partial charge in [0.15, 0.2) is 0 Å². The van der Waals surface area contributed by atoms with Crippen LogP contribution >= 0.6 is 0 Å². The average Bonchev–Trinajstić information content (AvgIpc) is 2.68. The number of nitrogens with zero attached hydrogens (tertiary/aromatic N) is 3. The summed E-state index contributed by atoms with van der Waals surface area (Å²) < 4.78 is 0. The summed E-state index contributed by atoms with van der Waals surface area (Å²) in [5, 5.41) is 3.78. The van der Waals surface area contributed by atoms with Crippen molar-refractivity contribution in [3.63, 3.8) is 0 Å². The van der Waals surface area contributed by atoms with Gasteiger partial charge in [0.05, 0.1) is 0 Å². The molecule has 1 amide bonds. The van der Waals surface area contributed by atoms with E-state index in [1.807, 2.05) is 30.4 Å². The maximum Gasteiger partial charge on any atom is 0.222 e. The largest absolute Gasteiger partial charge is 0.346 e. The van der Waals surface area contributed by atoms with Crippen molar-refractivity contribution in [3.8, 4) is 0 Å². The normalized spacial score (nSPS) is 25.3. The third-order valence-corrected chi connectivity index (χ3v) is 6.19. The van der Waals surface area contributed by atoms with Gasteiger partial charge in [-0.1, -0.05) is 19.4 Å². The first-order chi connectivity index (χ1) is 13.2. The van der Waals surface area contributed by atoms with Crippen LogP contribution in [0.2, 0.25) is 0 Å². The van der Waals surface area contributed by atoms with Crippen LogP contribution < -0.4 is 5.32 Å². The minimum Gasteiger partial charge on any atom is -0.346 e. The van der Waals surface area contributed by atoms with Crippen LogP contribution in [0.1, 0.15) is 51.0 Å². The second kappa shape index (κ2) is 10.2. The molecule has 1 aromatic rings. The monoisotopic (exact) mass is 372 g/mol. The lowest BCUT2D eigenvalue weighted by Gasteiger charge is -2.46. The molecule has 3 atom stereocenters. The molecule has 0 saturated carbocycles. The fourth-order valence-corrected chi connectivity index (χ4v) is 4.67. The smallest absolute Gasteiger partial charge is 0.222 e. The van der Waals surface area contributed by atoms with Crippen molar-refractivity contribution in [1.29, 1.82) is 0 Å². The van der Waals surface area contributed by atoms with Crippen molar-refractivity contribution in [3.05, 3.63) is 30.1 Å². The summed E-state index contributed by atoms with van der Waals surface area (Å²) in [6.45, 7) is 7.54. The van der Waals surface area contributed by atoms with Crippen LogP contribution in [0.3, 0.4) is 0 Å². The van der Waals surface area contributed by atoms with Gasteiger partial charge in [-0.15, -0.1) is 0 Å². The van der Waals surface area contributed by atoms with E-state index in [1.54, 1.807) is 0 Å².